The first-order valence-corrected chi connectivity index (χ1v) is 17.3. The standard InChI is InChI=1S/C37H44N4O3S/c1-5-7-18-40(19-8-6-2)37(43)34-23-36(44-25-31-20-27-12-9-10-13-30(27)24-38-31)41(39-34)35-17-16-29(22-33(35)26(3)42)28-14-11-15-32(21-28)45-4/h9-17,21-23,31,38H,5-8,18-20,24-25H2,1-4H3. The van der Waals surface area contributed by atoms with Gasteiger partial charge < -0.3 is 15.0 Å². The average molecular weight is 625 g/mol. The zero-order chi connectivity index (χ0) is 31.8. The number of fused-ring (bicyclic) bond motifs is 1. The van der Waals surface area contributed by atoms with Crippen LogP contribution in [-0.2, 0) is 13.0 Å². The van der Waals surface area contributed by atoms with Gasteiger partial charge in [-0.05, 0) is 79.0 Å². The molecule has 1 amide bonds. The predicted molar refractivity (Wildman–Crippen MR) is 183 cm³/mol. The summed E-state index contributed by atoms with van der Waals surface area (Å²) in [5.41, 5.74) is 6.04. The van der Waals surface area contributed by atoms with Crippen LogP contribution < -0.4 is 10.1 Å². The molecule has 4 aromatic rings. The Labute approximate surface area is 271 Å². The van der Waals surface area contributed by atoms with Crippen molar-refractivity contribution in [3.8, 4) is 22.7 Å². The molecule has 1 aliphatic rings. The Bertz CT molecular complexity index is 1620. The lowest BCUT2D eigenvalue weighted by atomic mass is 9.96. The molecule has 0 saturated heterocycles. The van der Waals surface area contributed by atoms with Crippen molar-refractivity contribution in [2.45, 2.75) is 70.4 Å². The second-order valence-electron chi connectivity index (χ2n) is 11.7. The molecule has 1 aromatic heterocycles. The largest absolute Gasteiger partial charge is 0.476 e. The number of nitrogens with zero attached hydrogens (tertiary/aromatic N) is 3. The van der Waals surface area contributed by atoms with Crippen LogP contribution in [0.5, 0.6) is 5.88 Å². The van der Waals surface area contributed by atoms with Gasteiger partial charge in [-0.3, -0.25) is 9.59 Å². The van der Waals surface area contributed by atoms with Crippen molar-refractivity contribution in [3.05, 3.63) is 95.2 Å². The number of carbonyl (C=O) groups excluding carboxylic acids is 2. The van der Waals surface area contributed by atoms with Crippen molar-refractivity contribution in [2.75, 3.05) is 26.0 Å². The van der Waals surface area contributed by atoms with Gasteiger partial charge in [0.2, 0.25) is 5.88 Å². The first-order valence-electron chi connectivity index (χ1n) is 16.0. The number of carbonyl (C=O) groups is 2. The van der Waals surface area contributed by atoms with E-state index in [0.29, 0.717) is 42.5 Å². The predicted octanol–water partition coefficient (Wildman–Crippen LogP) is 7.60. The lowest BCUT2D eigenvalue weighted by molar-refractivity contribution is 0.0744. The Morgan fingerprint density at radius 3 is 2.40 bits per heavy atom. The van der Waals surface area contributed by atoms with Gasteiger partial charge in [-0.2, -0.15) is 9.78 Å². The fourth-order valence-corrected chi connectivity index (χ4v) is 6.19. The van der Waals surface area contributed by atoms with Gasteiger partial charge in [-0.15, -0.1) is 11.8 Å². The number of Topliss-reactive ketones (excluding diaryl/α,β-unsaturated/α-hetero) is 1. The van der Waals surface area contributed by atoms with E-state index in [0.717, 1.165) is 54.7 Å². The molecule has 45 heavy (non-hydrogen) atoms. The van der Waals surface area contributed by atoms with E-state index in [1.54, 1.807) is 29.4 Å². The fraction of sp³-hybridized carbons (Fsp3) is 0.378. The van der Waals surface area contributed by atoms with E-state index in [1.807, 2.05) is 35.2 Å². The maximum Gasteiger partial charge on any atom is 0.274 e. The summed E-state index contributed by atoms with van der Waals surface area (Å²) >= 11 is 1.68. The monoisotopic (exact) mass is 624 g/mol. The Kier molecular flexibility index (Phi) is 11.1. The molecule has 7 nitrogen and oxygen atoms in total. The van der Waals surface area contributed by atoms with E-state index in [-0.39, 0.29) is 17.7 Å². The number of aromatic nitrogens is 2. The molecular formula is C37H44N4O3S. The Morgan fingerprint density at radius 1 is 0.956 bits per heavy atom. The minimum absolute atomic E-state index is 0.0831. The second kappa shape index (κ2) is 15.4. The zero-order valence-corrected chi connectivity index (χ0v) is 27.7. The second-order valence-corrected chi connectivity index (χ2v) is 12.5. The molecule has 0 fully saturated rings. The molecule has 1 N–H and O–H groups in total. The molecular weight excluding hydrogens is 580 g/mol. The molecule has 236 valence electrons. The molecule has 5 rings (SSSR count). The summed E-state index contributed by atoms with van der Waals surface area (Å²) in [5, 5.41) is 8.39. The number of amides is 1. The normalized spacial score (nSPS) is 14.2. The van der Waals surface area contributed by atoms with E-state index >= 15 is 0 Å². The van der Waals surface area contributed by atoms with Crippen LogP contribution in [0.4, 0.5) is 0 Å². The van der Waals surface area contributed by atoms with E-state index in [9.17, 15) is 9.59 Å². The minimum Gasteiger partial charge on any atom is -0.476 e. The molecule has 0 aliphatic carbocycles. The van der Waals surface area contributed by atoms with Crippen molar-refractivity contribution in [3.63, 3.8) is 0 Å². The minimum atomic E-state index is -0.111. The van der Waals surface area contributed by atoms with Crippen molar-refractivity contribution >= 4 is 23.5 Å². The molecule has 2 heterocycles. The number of ketones is 1. The quantitative estimate of drug-likeness (QED) is 0.115. The van der Waals surface area contributed by atoms with E-state index in [2.05, 4.69) is 61.8 Å². The molecule has 8 heteroatoms. The summed E-state index contributed by atoms with van der Waals surface area (Å²) in [7, 11) is 0. The smallest absolute Gasteiger partial charge is 0.274 e. The summed E-state index contributed by atoms with van der Waals surface area (Å²) in [4.78, 5) is 30.0. The van der Waals surface area contributed by atoms with Crippen molar-refractivity contribution in [1.29, 1.82) is 0 Å². The maximum absolute atomic E-state index is 13.8. The third-order valence-corrected chi connectivity index (χ3v) is 9.08. The van der Waals surface area contributed by atoms with Crippen LogP contribution in [0.25, 0.3) is 16.8 Å². The number of rotatable bonds is 14. The number of hydrogen-bond donors (Lipinski definition) is 1. The third-order valence-electron chi connectivity index (χ3n) is 8.35. The van der Waals surface area contributed by atoms with E-state index in [1.165, 1.54) is 11.1 Å². The highest BCUT2D eigenvalue weighted by molar-refractivity contribution is 7.98. The average Bonchev–Trinajstić information content (AvgIpc) is 3.50. The Hall–Kier alpha value is -3.88. The fourth-order valence-electron chi connectivity index (χ4n) is 5.73. The Morgan fingerprint density at radius 2 is 1.69 bits per heavy atom. The zero-order valence-electron chi connectivity index (χ0n) is 26.8. The molecule has 1 aliphatic heterocycles. The van der Waals surface area contributed by atoms with Gasteiger partial charge in [0.25, 0.3) is 5.91 Å². The summed E-state index contributed by atoms with van der Waals surface area (Å²) in [6.07, 6.45) is 6.77. The highest BCUT2D eigenvalue weighted by atomic mass is 32.2. The van der Waals surface area contributed by atoms with Crippen LogP contribution in [0.2, 0.25) is 0 Å². The van der Waals surface area contributed by atoms with Gasteiger partial charge in [-0.1, -0.05) is 69.2 Å². The maximum atomic E-state index is 13.8. The molecule has 0 radical (unpaired) electrons. The van der Waals surface area contributed by atoms with Crippen LogP contribution in [0.3, 0.4) is 0 Å². The number of unbranched alkanes of at least 4 members (excludes halogenated alkanes) is 2. The number of ether oxygens (including phenoxy) is 1. The van der Waals surface area contributed by atoms with Crippen LogP contribution in [0.15, 0.2) is 77.7 Å². The summed E-state index contributed by atoms with van der Waals surface area (Å²) in [6, 6.07) is 24.4. The third kappa shape index (κ3) is 7.86. The van der Waals surface area contributed by atoms with Crippen LogP contribution >= 0.6 is 11.8 Å². The molecule has 1 unspecified atom stereocenters. The summed E-state index contributed by atoms with van der Waals surface area (Å²) in [6.45, 7) is 8.38. The summed E-state index contributed by atoms with van der Waals surface area (Å²) < 4.78 is 8.09. The van der Waals surface area contributed by atoms with Crippen molar-refractivity contribution in [2.24, 2.45) is 0 Å². The molecule has 0 spiro atoms. The highest BCUT2D eigenvalue weighted by Crippen LogP contribution is 2.30. The SMILES string of the molecule is CCCCN(CCCC)C(=O)c1cc(OCC2Cc3ccccc3CN2)n(-c2ccc(-c3cccc(SC)c3)cc2C(C)=O)n1. The van der Waals surface area contributed by atoms with Crippen molar-refractivity contribution in [1.82, 2.24) is 20.0 Å². The lowest BCUT2D eigenvalue weighted by Crippen LogP contribution is -2.40. The van der Waals surface area contributed by atoms with Gasteiger partial charge in [0.1, 0.15) is 6.61 Å². The van der Waals surface area contributed by atoms with Crippen molar-refractivity contribution < 1.29 is 14.3 Å². The topological polar surface area (TPSA) is 76.5 Å². The summed E-state index contributed by atoms with van der Waals surface area (Å²) in [5.74, 6) is 0.255. The molecule has 0 saturated carbocycles. The molecule has 1 atom stereocenters. The van der Waals surface area contributed by atoms with Crippen LogP contribution in [0, 0.1) is 0 Å². The highest BCUT2D eigenvalue weighted by Gasteiger charge is 2.25. The number of thioether (sulfide) groups is 1. The first-order chi connectivity index (χ1) is 21.9. The van der Waals surface area contributed by atoms with E-state index < -0.39 is 0 Å². The van der Waals surface area contributed by atoms with Gasteiger partial charge >= 0.3 is 0 Å². The first kappa shape index (κ1) is 32.5. The van der Waals surface area contributed by atoms with Gasteiger partial charge in [0.05, 0.1) is 5.69 Å². The van der Waals surface area contributed by atoms with Gasteiger partial charge in [-0.25, -0.2) is 0 Å². The Balaban J connectivity index is 1.50. The van der Waals surface area contributed by atoms with Crippen LogP contribution in [-0.4, -0.2) is 58.4 Å². The van der Waals surface area contributed by atoms with Gasteiger partial charge in [0, 0.05) is 42.2 Å². The van der Waals surface area contributed by atoms with E-state index in [4.69, 9.17) is 9.84 Å². The molecule has 3 aromatic carbocycles. The lowest BCUT2D eigenvalue weighted by Gasteiger charge is -2.26. The number of benzene rings is 3. The van der Waals surface area contributed by atoms with Gasteiger partial charge in [0.15, 0.2) is 11.5 Å². The molecule has 0 bridgehead atoms. The number of nitrogens with one attached hydrogen (secondary N) is 1. The van der Waals surface area contributed by atoms with Crippen LogP contribution in [0.1, 0.15) is 78.4 Å². The number of hydrogen-bond acceptors (Lipinski definition) is 6.